The van der Waals surface area contributed by atoms with Gasteiger partial charge < -0.3 is 14.8 Å². The van der Waals surface area contributed by atoms with Crippen molar-refractivity contribution >= 4 is 15.9 Å². The average molecular weight is 458 g/mol. The molecule has 3 rings (SSSR count). The Hall–Kier alpha value is -2.37. The topological polar surface area (TPSA) is 30.5 Å². The van der Waals surface area contributed by atoms with Crippen molar-refractivity contribution in [3.8, 4) is 11.5 Å². The van der Waals surface area contributed by atoms with Crippen LogP contribution in [0.2, 0.25) is 0 Å². The van der Waals surface area contributed by atoms with E-state index < -0.39 is 0 Å². The van der Waals surface area contributed by atoms with Gasteiger partial charge in [0.2, 0.25) is 0 Å². The lowest BCUT2D eigenvalue weighted by atomic mass is 10.1. The standard InChI is InChI=1S/C24H25BrFNO2/c1-17-5-3-4-6-19(17)16-29-24-21(22(25)11-12-23(24)28-2)15-27-14-13-18-7-9-20(26)10-8-18/h3-12,27H,13-16H2,1-2H3. The van der Waals surface area contributed by atoms with Gasteiger partial charge in [0.15, 0.2) is 11.5 Å². The number of aryl methyl sites for hydroxylation is 1. The monoisotopic (exact) mass is 457 g/mol. The smallest absolute Gasteiger partial charge is 0.167 e. The summed E-state index contributed by atoms with van der Waals surface area (Å²) >= 11 is 3.64. The van der Waals surface area contributed by atoms with Gasteiger partial charge in [-0.15, -0.1) is 0 Å². The molecule has 0 saturated heterocycles. The van der Waals surface area contributed by atoms with Crippen LogP contribution in [-0.4, -0.2) is 13.7 Å². The molecule has 3 nitrogen and oxygen atoms in total. The predicted octanol–water partition coefficient (Wildman–Crippen LogP) is 5.82. The second-order valence-corrected chi connectivity index (χ2v) is 7.68. The first-order valence-electron chi connectivity index (χ1n) is 9.56. The van der Waals surface area contributed by atoms with Crippen LogP contribution >= 0.6 is 15.9 Å². The Balaban J connectivity index is 1.68. The lowest BCUT2D eigenvalue weighted by Gasteiger charge is -2.18. The third kappa shape index (κ3) is 5.81. The normalized spacial score (nSPS) is 10.8. The lowest BCUT2D eigenvalue weighted by molar-refractivity contribution is 0.280. The highest BCUT2D eigenvalue weighted by Gasteiger charge is 2.15. The van der Waals surface area contributed by atoms with Crippen LogP contribution in [0.1, 0.15) is 22.3 Å². The van der Waals surface area contributed by atoms with Gasteiger partial charge in [-0.1, -0.05) is 52.3 Å². The first kappa shape index (κ1) is 21.3. The summed E-state index contributed by atoms with van der Waals surface area (Å²) in [5.74, 6) is 1.23. The Morgan fingerprint density at radius 2 is 1.76 bits per heavy atom. The summed E-state index contributed by atoms with van der Waals surface area (Å²) in [6.07, 6.45) is 0.821. The molecule has 0 aromatic heterocycles. The Labute approximate surface area is 180 Å². The van der Waals surface area contributed by atoms with Crippen LogP contribution in [0.5, 0.6) is 11.5 Å². The highest BCUT2D eigenvalue weighted by molar-refractivity contribution is 9.10. The molecule has 29 heavy (non-hydrogen) atoms. The van der Waals surface area contributed by atoms with E-state index in [0.717, 1.165) is 39.9 Å². The molecule has 0 aliphatic carbocycles. The van der Waals surface area contributed by atoms with E-state index in [0.29, 0.717) is 18.9 Å². The molecular formula is C24H25BrFNO2. The fourth-order valence-electron chi connectivity index (χ4n) is 3.09. The minimum atomic E-state index is -0.211. The molecule has 0 heterocycles. The van der Waals surface area contributed by atoms with Crippen molar-refractivity contribution in [2.24, 2.45) is 0 Å². The maximum atomic E-state index is 13.0. The molecule has 5 heteroatoms. The summed E-state index contributed by atoms with van der Waals surface area (Å²) in [4.78, 5) is 0. The molecule has 0 atom stereocenters. The fraction of sp³-hybridized carbons (Fsp3) is 0.250. The Bertz CT molecular complexity index is 944. The van der Waals surface area contributed by atoms with Gasteiger partial charge in [-0.3, -0.25) is 0 Å². The third-order valence-electron chi connectivity index (χ3n) is 4.83. The summed E-state index contributed by atoms with van der Waals surface area (Å²) in [5, 5.41) is 3.45. The van der Waals surface area contributed by atoms with Crippen LogP contribution < -0.4 is 14.8 Å². The van der Waals surface area contributed by atoms with Crippen LogP contribution in [0.15, 0.2) is 65.1 Å². The molecule has 1 N–H and O–H groups in total. The van der Waals surface area contributed by atoms with Crippen LogP contribution in [0.25, 0.3) is 0 Å². The zero-order chi connectivity index (χ0) is 20.6. The minimum Gasteiger partial charge on any atom is -0.493 e. The Morgan fingerprint density at radius 3 is 2.48 bits per heavy atom. The molecule has 0 bridgehead atoms. The molecule has 0 spiro atoms. The number of benzene rings is 3. The summed E-state index contributed by atoms with van der Waals surface area (Å²) in [6, 6.07) is 18.7. The molecule has 3 aromatic rings. The minimum absolute atomic E-state index is 0.211. The molecule has 0 fully saturated rings. The quantitative estimate of drug-likeness (QED) is 0.410. The van der Waals surface area contributed by atoms with Gasteiger partial charge in [-0.25, -0.2) is 4.39 Å². The fourth-order valence-corrected chi connectivity index (χ4v) is 3.54. The zero-order valence-corrected chi connectivity index (χ0v) is 18.3. The van der Waals surface area contributed by atoms with Gasteiger partial charge in [-0.05, 0) is 60.8 Å². The number of methoxy groups -OCH3 is 1. The SMILES string of the molecule is COc1ccc(Br)c(CNCCc2ccc(F)cc2)c1OCc1ccccc1C. The number of halogens is 2. The van der Waals surface area contributed by atoms with E-state index in [1.807, 2.05) is 36.4 Å². The molecule has 0 saturated carbocycles. The van der Waals surface area contributed by atoms with Crippen molar-refractivity contribution in [1.29, 1.82) is 0 Å². The van der Waals surface area contributed by atoms with Crippen LogP contribution in [0, 0.1) is 12.7 Å². The predicted molar refractivity (Wildman–Crippen MR) is 118 cm³/mol. The van der Waals surface area contributed by atoms with E-state index in [2.05, 4.69) is 40.3 Å². The molecular weight excluding hydrogens is 433 g/mol. The molecule has 3 aromatic carbocycles. The molecule has 0 aliphatic heterocycles. The van der Waals surface area contributed by atoms with Crippen molar-refractivity contribution in [1.82, 2.24) is 5.32 Å². The van der Waals surface area contributed by atoms with E-state index in [1.165, 1.54) is 17.7 Å². The Kier molecular flexibility index (Phi) is 7.67. The van der Waals surface area contributed by atoms with Crippen molar-refractivity contribution < 1.29 is 13.9 Å². The molecule has 0 radical (unpaired) electrons. The maximum Gasteiger partial charge on any atom is 0.167 e. The van der Waals surface area contributed by atoms with Gasteiger partial charge in [-0.2, -0.15) is 0 Å². The number of ether oxygens (including phenoxy) is 2. The van der Waals surface area contributed by atoms with Gasteiger partial charge >= 0.3 is 0 Å². The number of nitrogens with one attached hydrogen (secondary N) is 1. The molecule has 152 valence electrons. The lowest BCUT2D eigenvalue weighted by Crippen LogP contribution is -2.18. The van der Waals surface area contributed by atoms with Crippen LogP contribution in [0.3, 0.4) is 0 Å². The van der Waals surface area contributed by atoms with E-state index >= 15 is 0 Å². The molecule has 0 aliphatic rings. The summed E-state index contributed by atoms with van der Waals surface area (Å²) in [6.45, 7) is 3.95. The number of rotatable bonds is 9. The highest BCUT2D eigenvalue weighted by atomic mass is 79.9. The first-order chi connectivity index (χ1) is 14.1. The Morgan fingerprint density at radius 1 is 1.00 bits per heavy atom. The number of hydrogen-bond donors (Lipinski definition) is 1. The average Bonchev–Trinajstić information content (AvgIpc) is 2.73. The van der Waals surface area contributed by atoms with Gasteiger partial charge in [0, 0.05) is 16.6 Å². The second-order valence-electron chi connectivity index (χ2n) is 6.83. The highest BCUT2D eigenvalue weighted by Crippen LogP contribution is 2.37. The van der Waals surface area contributed by atoms with Crippen molar-refractivity contribution in [3.05, 3.63) is 93.2 Å². The van der Waals surface area contributed by atoms with Gasteiger partial charge in [0.25, 0.3) is 0 Å². The van der Waals surface area contributed by atoms with Crippen LogP contribution in [0.4, 0.5) is 4.39 Å². The van der Waals surface area contributed by atoms with Crippen molar-refractivity contribution in [2.45, 2.75) is 26.5 Å². The second kappa shape index (κ2) is 10.4. The zero-order valence-electron chi connectivity index (χ0n) is 16.7. The van der Waals surface area contributed by atoms with Crippen molar-refractivity contribution in [3.63, 3.8) is 0 Å². The van der Waals surface area contributed by atoms with Crippen LogP contribution in [-0.2, 0) is 19.6 Å². The van der Waals surface area contributed by atoms with Crippen molar-refractivity contribution in [2.75, 3.05) is 13.7 Å². The van der Waals surface area contributed by atoms with Gasteiger partial charge in [0.05, 0.1) is 7.11 Å². The third-order valence-corrected chi connectivity index (χ3v) is 5.57. The summed E-state index contributed by atoms with van der Waals surface area (Å²) in [5.41, 5.74) is 4.45. The molecule has 0 unspecified atom stereocenters. The summed E-state index contributed by atoms with van der Waals surface area (Å²) in [7, 11) is 1.65. The molecule has 0 amide bonds. The number of hydrogen-bond acceptors (Lipinski definition) is 3. The van der Waals surface area contributed by atoms with E-state index in [1.54, 1.807) is 7.11 Å². The maximum absolute atomic E-state index is 13.0. The summed E-state index contributed by atoms with van der Waals surface area (Å²) < 4.78 is 25.7. The largest absolute Gasteiger partial charge is 0.493 e. The van der Waals surface area contributed by atoms with E-state index in [9.17, 15) is 4.39 Å². The first-order valence-corrected chi connectivity index (χ1v) is 10.4. The van der Waals surface area contributed by atoms with Gasteiger partial charge in [0.1, 0.15) is 12.4 Å². The van der Waals surface area contributed by atoms with E-state index in [-0.39, 0.29) is 5.82 Å². The van der Waals surface area contributed by atoms with E-state index in [4.69, 9.17) is 9.47 Å².